The molecule has 0 radical (unpaired) electrons. The first-order chi connectivity index (χ1) is 14.0. The third-order valence-electron chi connectivity index (χ3n) is 6.52. The molecule has 2 aliphatic rings. The molecule has 2 aromatic rings. The Morgan fingerprint density at radius 3 is 2.52 bits per heavy atom. The molecular weight excluding hydrogens is 362 g/mol. The normalized spacial score (nSPS) is 21.2. The molecule has 4 nitrogen and oxygen atoms in total. The van der Waals surface area contributed by atoms with E-state index in [0.29, 0.717) is 13.2 Å². The van der Waals surface area contributed by atoms with Crippen molar-refractivity contribution in [3.63, 3.8) is 0 Å². The summed E-state index contributed by atoms with van der Waals surface area (Å²) in [5.41, 5.74) is 4.25. The van der Waals surface area contributed by atoms with Gasteiger partial charge < -0.3 is 14.4 Å². The number of hydrogen-bond donors (Lipinski definition) is 0. The third kappa shape index (κ3) is 3.78. The molecule has 1 atom stereocenters. The Labute approximate surface area is 173 Å². The molecule has 0 aromatic heterocycles. The second-order valence-corrected chi connectivity index (χ2v) is 8.50. The van der Waals surface area contributed by atoms with Crippen molar-refractivity contribution >= 4 is 5.91 Å². The van der Waals surface area contributed by atoms with E-state index in [9.17, 15) is 4.79 Å². The van der Waals surface area contributed by atoms with E-state index in [2.05, 4.69) is 49.1 Å². The van der Waals surface area contributed by atoms with Crippen LogP contribution in [0.1, 0.15) is 54.0 Å². The molecule has 0 unspecified atom stereocenters. The summed E-state index contributed by atoms with van der Waals surface area (Å²) >= 11 is 0. The number of hydrogen-bond acceptors (Lipinski definition) is 3. The van der Waals surface area contributed by atoms with Gasteiger partial charge in [-0.15, -0.1) is 0 Å². The Hall–Kier alpha value is -2.33. The van der Waals surface area contributed by atoms with Crippen LogP contribution in [-0.4, -0.2) is 37.7 Å². The molecule has 0 bridgehead atoms. The highest BCUT2D eigenvalue weighted by atomic mass is 16.5. The molecule has 2 saturated heterocycles. The van der Waals surface area contributed by atoms with Crippen LogP contribution in [0.15, 0.2) is 42.5 Å². The van der Waals surface area contributed by atoms with E-state index < -0.39 is 5.41 Å². The number of nitrogens with zero attached hydrogens (tertiary/aromatic N) is 1. The van der Waals surface area contributed by atoms with Gasteiger partial charge in [0.1, 0.15) is 5.75 Å². The van der Waals surface area contributed by atoms with E-state index in [4.69, 9.17) is 9.47 Å². The monoisotopic (exact) mass is 393 g/mol. The second kappa shape index (κ2) is 8.19. The Morgan fingerprint density at radius 2 is 1.83 bits per heavy atom. The minimum atomic E-state index is -0.490. The van der Waals surface area contributed by atoms with Gasteiger partial charge in [-0.1, -0.05) is 41.5 Å². The smallest absolute Gasteiger partial charge is 0.233 e. The molecule has 2 fully saturated rings. The van der Waals surface area contributed by atoms with E-state index in [-0.39, 0.29) is 11.9 Å². The quantitative estimate of drug-likeness (QED) is 0.754. The molecule has 0 saturated carbocycles. The Kier molecular flexibility index (Phi) is 5.64. The number of likely N-dealkylation sites (tertiary alicyclic amines) is 1. The summed E-state index contributed by atoms with van der Waals surface area (Å²) in [6.45, 7) is 6.31. The molecule has 0 N–H and O–H groups in total. The third-order valence-corrected chi connectivity index (χ3v) is 6.52. The molecule has 4 rings (SSSR count). The summed E-state index contributed by atoms with van der Waals surface area (Å²) in [5, 5.41) is 0. The maximum absolute atomic E-state index is 14.1. The van der Waals surface area contributed by atoms with Gasteiger partial charge >= 0.3 is 0 Å². The minimum Gasteiger partial charge on any atom is -0.497 e. The highest BCUT2D eigenvalue weighted by Gasteiger charge is 2.46. The van der Waals surface area contributed by atoms with Gasteiger partial charge in [0.15, 0.2) is 0 Å². The van der Waals surface area contributed by atoms with Crippen molar-refractivity contribution in [1.29, 1.82) is 0 Å². The SMILES string of the molecule is COc1cccc([C@@H]2CCCN2C(=O)C2(c3cc(C)cc(C)c3)CCOCC2)c1. The fourth-order valence-electron chi connectivity index (χ4n) is 5.08. The van der Waals surface area contributed by atoms with E-state index in [0.717, 1.165) is 49.1 Å². The fourth-order valence-corrected chi connectivity index (χ4v) is 5.08. The Morgan fingerprint density at radius 1 is 1.10 bits per heavy atom. The largest absolute Gasteiger partial charge is 0.497 e. The molecular formula is C25H31NO3. The number of aryl methyl sites for hydroxylation is 2. The predicted octanol–water partition coefficient (Wildman–Crippen LogP) is 4.72. The van der Waals surface area contributed by atoms with Crippen molar-refractivity contribution in [2.24, 2.45) is 0 Å². The zero-order chi connectivity index (χ0) is 20.4. The topological polar surface area (TPSA) is 38.8 Å². The maximum Gasteiger partial charge on any atom is 0.233 e. The predicted molar refractivity (Wildman–Crippen MR) is 114 cm³/mol. The summed E-state index contributed by atoms with van der Waals surface area (Å²) in [6.07, 6.45) is 3.53. The molecule has 4 heteroatoms. The van der Waals surface area contributed by atoms with E-state index in [1.165, 1.54) is 11.1 Å². The number of carbonyl (C=O) groups is 1. The molecule has 1 amide bonds. The molecule has 0 spiro atoms. The van der Waals surface area contributed by atoms with Gasteiger partial charge in [-0.3, -0.25) is 4.79 Å². The van der Waals surface area contributed by atoms with Crippen molar-refractivity contribution < 1.29 is 14.3 Å². The average Bonchev–Trinajstić information content (AvgIpc) is 3.23. The first-order valence-electron chi connectivity index (χ1n) is 10.6. The van der Waals surface area contributed by atoms with E-state index >= 15 is 0 Å². The van der Waals surface area contributed by atoms with Crippen molar-refractivity contribution in [3.05, 3.63) is 64.7 Å². The minimum absolute atomic E-state index is 0.114. The highest BCUT2D eigenvalue weighted by molar-refractivity contribution is 5.89. The Bertz CT molecular complexity index is 865. The lowest BCUT2D eigenvalue weighted by Gasteiger charge is -2.41. The molecule has 2 heterocycles. The zero-order valence-corrected chi connectivity index (χ0v) is 17.7. The lowest BCUT2D eigenvalue weighted by atomic mass is 9.72. The number of methoxy groups -OCH3 is 1. The van der Waals surface area contributed by atoms with Crippen LogP contribution in [0, 0.1) is 13.8 Å². The van der Waals surface area contributed by atoms with Crippen molar-refractivity contribution in [1.82, 2.24) is 4.90 Å². The lowest BCUT2D eigenvalue weighted by molar-refractivity contribution is -0.142. The van der Waals surface area contributed by atoms with Gasteiger partial charge in [0.05, 0.1) is 18.6 Å². The number of benzene rings is 2. The molecule has 0 aliphatic carbocycles. The number of rotatable bonds is 4. The summed E-state index contributed by atoms with van der Waals surface area (Å²) in [6, 6.07) is 14.9. The summed E-state index contributed by atoms with van der Waals surface area (Å²) in [7, 11) is 1.69. The van der Waals surface area contributed by atoms with Gasteiger partial charge in [0.2, 0.25) is 5.91 Å². The molecule has 29 heavy (non-hydrogen) atoms. The van der Waals surface area contributed by atoms with Gasteiger partial charge in [-0.05, 0) is 62.8 Å². The summed E-state index contributed by atoms with van der Waals surface area (Å²) in [4.78, 5) is 16.2. The van der Waals surface area contributed by atoms with Gasteiger partial charge in [-0.2, -0.15) is 0 Å². The summed E-state index contributed by atoms with van der Waals surface area (Å²) < 4.78 is 11.1. The molecule has 2 aromatic carbocycles. The number of amides is 1. The summed E-state index contributed by atoms with van der Waals surface area (Å²) in [5.74, 6) is 1.10. The van der Waals surface area contributed by atoms with Crippen LogP contribution in [0.2, 0.25) is 0 Å². The molecule has 2 aliphatic heterocycles. The van der Waals surface area contributed by atoms with Crippen molar-refractivity contribution in [2.45, 2.75) is 51.0 Å². The van der Waals surface area contributed by atoms with Crippen LogP contribution >= 0.6 is 0 Å². The standard InChI is InChI=1S/C25H31NO3/c1-18-14-19(2)16-21(15-18)25(9-12-29-13-10-25)24(27)26-11-5-8-23(26)20-6-4-7-22(17-20)28-3/h4,6-7,14-17,23H,5,8-13H2,1-3H3/t23-/m0/s1. The van der Waals surface area contributed by atoms with Crippen molar-refractivity contribution in [2.75, 3.05) is 26.9 Å². The van der Waals surface area contributed by atoms with Crippen LogP contribution in [0.5, 0.6) is 5.75 Å². The lowest BCUT2D eigenvalue weighted by Crippen LogP contribution is -2.49. The first-order valence-corrected chi connectivity index (χ1v) is 10.6. The van der Waals surface area contributed by atoms with Crippen LogP contribution in [0.3, 0.4) is 0 Å². The van der Waals surface area contributed by atoms with Gasteiger partial charge in [0, 0.05) is 19.8 Å². The number of ether oxygens (including phenoxy) is 2. The van der Waals surface area contributed by atoms with Gasteiger partial charge in [0.25, 0.3) is 0 Å². The van der Waals surface area contributed by atoms with Crippen molar-refractivity contribution in [3.8, 4) is 5.75 Å². The van der Waals surface area contributed by atoms with E-state index in [1.807, 2.05) is 12.1 Å². The van der Waals surface area contributed by atoms with Crippen LogP contribution in [0.25, 0.3) is 0 Å². The highest BCUT2D eigenvalue weighted by Crippen LogP contribution is 2.42. The fraction of sp³-hybridized carbons (Fsp3) is 0.480. The van der Waals surface area contributed by atoms with Gasteiger partial charge in [-0.25, -0.2) is 0 Å². The van der Waals surface area contributed by atoms with Crippen LogP contribution in [-0.2, 0) is 14.9 Å². The van der Waals surface area contributed by atoms with Crippen LogP contribution < -0.4 is 4.74 Å². The zero-order valence-electron chi connectivity index (χ0n) is 17.7. The maximum atomic E-state index is 14.1. The first kappa shape index (κ1) is 20.0. The van der Waals surface area contributed by atoms with Crippen LogP contribution in [0.4, 0.5) is 0 Å². The number of carbonyl (C=O) groups excluding carboxylic acids is 1. The second-order valence-electron chi connectivity index (χ2n) is 8.50. The van der Waals surface area contributed by atoms with E-state index in [1.54, 1.807) is 7.11 Å². The molecule has 154 valence electrons. The Balaban J connectivity index is 1.72. The average molecular weight is 394 g/mol.